The van der Waals surface area contributed by atoms with Crippen molar-refractivity contribution in [2.75, 3.05) is 0 Å². The number of rotatable bonds is 5. The fraction of sp³-hybridized carbons (Fsp3) is 0.500. The Morgan fingerprint density at radius 2 is 1.90 bits per heavy atom. The molecule has 2 rings (SSSR count). The minimum atomic E-state index is 0.0525. The molecule has 1 aromatic carbocycles. The van der Waals surface area contributed by atoms with Gasteiger partial charge in [-0.25, -0.2) is 0 Å². The number of halogens is 1. The highest BCUT2D eigenvalue weighted by Crippen LogP contribution is 2.27. The van der Waals surface area contributed by atoms with Crippen molar-refractivity contribution in [3.63, 3.8) is 0 Å². The number of nitrogens with two attached hydrogens (primary N) is 1. The van der Waals surface area contributed by atoms with E-state index in [-0.39, 0.29) is 6.04 Å². The Labute approximate surface area is 134 Å². The van der Waals surface area contributed by atoms with Gasteiger partial charge in [0.05, 0.1) is 0 Å². The SMILES string of the molecule is CC[C@H](C)[C@H](N)Cc1nc(-c2cc(C)c(Br)c(C)c2)no1. The third-order valence-corrected chi connectivity index (χ3v) is 5.20. The van der Waals surface area contributed by atoms with Gasteiger partial charge in [-0.1, -0.05) is 41.4 Å². The lowest BCUT2D eigenvalue weighted by Gasteiger charge is -2.15. The smallest absolute Gasteiger partial charge is 0.228 e. The second-order valence-corrected chi connectivity index (χ2v) is 6.48. The second-order valence-electron chi connectivity index (χ2n) is 5.69. The van der Waals surface area contributed by atoms with Crippen LogP contribution in [-0.4, -0.2) is 16.2 Å². The van der Waals surface area contributed by atoms with E-state index in [1.165, 1.54) is 0 Å². The zero-order chi connectivity index (χ0) is 15.6. The molecule has 0 amide bonds. The van der Waals surface area contributed by atoms with Gasteiger partial charge in [0.2, 0.25) is 11.7 Å². The van der Waals surface area contributed by atoms with Crippen LogP contribution >= 0.6 is 15.9 Å². The largest absolute Gasteiger partial charge is 0.339 e. The first kappa shape index (κ1) is 16.2. The molecule has 2 aromatic rings. The maximum atomic E-state index is 6.14. The number of hydrogen-bond acceptors (Lipinski definition) is 4. The first-order valence-electron chi connectivity index (χ1n) is 7.27. The van der Waals surface area contributed by atoms with Crippen LogP contribution in [-0.2, 0) is 6.42 Å². The van der Waals surface area contributed by atoms with Gasteiger partial charge in [0.25, 0.3) is 0 Å². The zero-order valence-electron chi connectivity index (χ0n) is 13.0. The molecule has 1 heterocycles. The molecule has 5 heteroatoms. The number of aryl methyl sites for hydroxylation is 2. The van der Waals surface area contributed by atoms with Crippen molar-refractivity contribution in [3.05, 3.63) is 33.6 Å². The number of hydrogen-bond donors (Lipinski definition) is 1. The van der Waals surface area contributed by atoms with E-state index in [2.05, 4.69) is 65.9 Å². The molecule has 2 N–H and O–H groups in total. The topological polar surface area (TPSA) is 64.9 Å². The van der Waals surface area contributed by atoms with Gasteiger partial charge >= 0.3 is 0 Å². The Kier molecular flexibility index (Phi) is 5.17. The summed E-state index contributed by atoms with van der Waals surface area (Å²) >= 11 is 3.57. The summed E-state index contributed by atoms with van der Waals surface area (Å²) in [6.07, 6.45) is 1.67. The molecule has 4 nitrogen and oxygen atoms in total. The molecule has 21 heavy (non-hydrogen) atoms. The maximum absolute atomic E-state index is 6.14. The summed E-state index contributed by atoms with van der Waals surface area (Å²) < 4.78 is 6.46. The molecule has 0 saturated carbocycles. The van der Waals surface area contributed by atoms with E-state index >= 15 is 0 Å². The van der Waals surface area contributed by atoms with Gasteiger partial charge in [-0.2, -0.15) is 4.98 Å². The van der Waals surface area contributed by atoms with Gasteiger partial charge < -0.3 is 10.3 Å². The Morgan fingerprint density at radius 3 is 2.48 bits per heavy atom. The summed E-state index contributed by atoms with van der Waals surface area (Å²) in [7, 11) is 0. The van der Waals surface area contributed by atoms with Crippen LogP contribution in [0.15, 0.2) is 21.1 Å². The third kappa shape index (κ3) is 3.71. The predicted octanol–water partition coefficient (Wildman–Crippen LogP) is 4.03. The van der Waals surface area contributed by atoms with Gasteiger partial charge in [0.15, 0.2) is 0 Å². The van der Waals surface area contributed by atoms with Crippen molar-refractivity contribution >= 4 is 15.9 Å². The van der Waals surface area contributed by atoms with Gasteiger partial charge in [-0.3, -0.25) is 0 Å². The molecule has 0 fully saturated rings. The van der Waals surface area contributed by atoms with Crippen molar-refractivity contribution in [1.82, 2.24) is 10.1 Å². The van der Waals surface area contributed by atoms with Crippen LogP contribution in [0.1, 0.15) is 37.3 Å². The first-order chi connectivity index (χ1) is 9.92. The highest BCUT2D eigenvalue weighted by molar-refractivity contribution is 9.10. The van der Waals surface area contributed by atoms with Crippen molar-refractivity contribution in [3.8, 4) is 11.4 Å². The standard InChI is InChI=1S/C16H22BrN3O/c1-5-9(2)13(18)8-14-19-16(20-21-14)12-6-10(3)15(17)11(4)7-12/h6-7,9,13H,5,8,18H2,1-4H3/t9-,13+/m0/s1. The van der Waals surface area contributed by atoms with E-state index in [0.717, 1.165) is 27.6 Å². The van der Waals surface area contributed by atoms with E-state index in [1.807, 2.05) is 0 Å². The summed E-state index contributed by atoms with van der Waals surface area (Å²) in [4.78, 5) is 4.48. The molecular weight excluding hydrogens is 330 g/mol. The number of aromatic nitrogens is 2. The van der Waals surface area contributed by atoms with Crippen LogP contribution < -0.4 is 5.73 Å². The van der Waals surface area contributed by atoms with E-state index < -0.39 is 0 Å². The molecule has 0 aliphatic carbocycles. The molecule has 1 aromatic heterocycles. The normalized spacial score (nSPS) is 14.2. The minimum absolute atomic E-state index is 0.0525. The van der Waals surface area contributed by atoms with Crippen molar-refractivity contribution in [2.24, 2.45) is 11.7 Å². The van der Waals surface area contributed by atoms with Gasteiger partial charge in [0, 0.05) is 22.5 Å². The van der Waals surface area contributed by atoms with Crippen LogP contribution in [0.25, 0.3) is 11.4 Å². The average molecular weight is 352 g/mol. The molecule has 0 bridgehead atoms. The lowest BCUT2D eigenvalue weighted by atomic mass is 9.97. The first-order valence-corrected chi connectivity index (χ1v) is 8.07. The van der Waals surface area contributed by atoms with E-state index in [0.29, 0.717) is 24.1 Å². The summed E-state index contributed by atoms with van der Waals surface area (Å²) in [5.74, 6) is 1.67. The lowest BCUT2D eigenvalue weighted by Crippen LogP contribution is -2.30. The van der Waals surface area contributed by atoms with Gasteiger partial charge in [-0.15, -0.1) is 0 Å². The molecule has 0 spiro atoms. The molecule has 0 radical (unpaired) electrons. The van der Waals surface area contributed by atoms with Crippen molar-refractivity contribution < 1.29 is 4.52 Å². The molecule has 0 aliphatic rings. The average Bonchev–Trinajstić information content (AvgIpc) is 2.91. The van der Waals surface area contributed by atoms with Crippen LogP contribution in [0.5, 0.6) is 0 Å². The molecule has 0 aliphatic heterocycles. The zero-order valence-corrected chi connectivity index (χ0v) is 14.6. The van der Waals surface area contributed by atoms with Crippen LogP contribution in [0.3, 0.4) is 0 Å². The quantitative estimate of drug-likeness (QED) is 0.882. The molecule has 0 unspecified atom stereocenters. The van der Waals surface area contributed by atoms with E-state index in [4.69, 9.17) is 10.3 Å². The highest BCUT2D eigenvalue weighted by Gasteiger charge is 2.17. The summed E-state index contributed by atoms with van der Waals surface area (Å²) in [5, 5.41) is 4.08. The van der Waals surface area contributed by atoms with Crippen molar-refractivity contribution in [2.45, 2.75) is 46.6 Å². The summed E-state index contributed by atoms with van der Waals surface area (Å²) in [6, 6.07) is 4.16. The molecule has 2 atom stereocenters. The second kappa shape index (κ2) is 6.71. The Bertz CT molecular complexity index is 601. The van der Waals surface area contributed by atoms with Crippen LogP contribution in [0.2, 0.25) is 0 Å². The molecule has 114 valence electrons. The monoisotopic (exact) mass is 351 g/mol. The Morgan fingerprint density at radius 1 is 1.29 bits per heavy atom. The minimum Gasteiger partial charge on any atom is -0.339 e. The Hall–Kier alpha value is -1.20. The summed E-state index contributed by atoms with van der Waals surface area (Å²) in [6.45, 7) is 8.39. The molecule has 0 saturated heterocycles. The Balaban J connectivity index is 2.20. The highest BCUT2D eigenvalue weighted by atomic mass is 79.9. The fourth-order valence-electron chi connectivity index (χ4n) is 2.24. The van der Waals surface area contributed by atoms with E-state index in [9.17, 15) is 0 Å². The number of benzene rings is 1. The van der Waals surface area contributed by atoms with Crippen molar-refractivity contribution in [1.29, 1.82) is 0 Å². The van der Waals surface area contributed by atoms with Gasteiger partial charge in [-0.05, 0) is 43.0 Å². The third-order valence-electron chi connectivity index (χ3n) is 3.95. The predicted molar refractivity (Wildman–Crippen MR) is 88.0 cm³/mol. The maximum Gasteiger partial charge on any atom is 0.228 e. The molecular formula is C16H22BrN3O. The fourth-order valence-corrected chi connectivity index (χ4v) is 2.46. The summed E-state index contributed by atoms with van der Waals surface area (Å²) in [5.41, 5.74) is 9.43. The van der Waals surface area contributed by atoms with E-state index in [1.54, 1.807) is 0 Å². The van der Waals surface area contributed by atoms with Crippen LogP contribution in [0.4, 0.5) is 0 Å². The van der Waals surface area contributed by atoms with Gasteiger partial charge in [0.1, 0.15) is 0 Å². The lowest BCUT2D eigenvalue weighted by molar-refractivity contribution is 0.344. The van der Waals surface area contributed by atoms with Crippen LogP contribution in [0, 0.1) is 19.8 Å². The number of nitrogens with zero attached hydrogens (tertiary/aromatic N) is 2.